The first-order chi connectivity index (χ1) is 13.7. The molecule has 1 aliphatic rings. The Balaban J connectivity index is 1.52. The van der Waals surface area contributed by atoms with Gasteiger partial charge < -0.3 is 10.2 Å². The maximum absolute atomic E-state index is 5.93. The topological polar surface area (TPSA) is 84.7 Å². The molecular weight excluding hydrogens is 396 g/mol. The predicted molar refractivity (Wildman–Crippen MR) is 111 cm³/mol. The second-order valence-electron chi connectivity index (χ2n) is 6.37. The molecule has 1 aromatic carbocycles. The number of hydrogen-bond acceptors (Lipinski definition) is 8. The Labute approximate surface area is 172 Å². The Morgan fingerprint density at radius 2 is 1.82 bits per heavy atom. The van der Waals surface area contributed by atoms with Gasteiger partial charge in [0.2, 0.25) is 17.1 Å². The number of nitrogens with one attached hydrogen (secondary N) is 1. The van der Waals surface area contributed by atoms with E-state index in [-0.39, 0.29) is 0 Å². The van der Waals surface area contributed by atoms with Crippen molar-refractivity contribution in [3.05, 3.63) is 41.2 Å². The van der Waals surface area contributed by atoms with Crippen LogP contribution in [0, 0.1) is 0 Å². The molecule has 10 heteroatoms. The third-order valence-corrected chi connectivity index (χ3v) is 5.47. The van der Waals surface area contributed by atoms with Gasteiger partial charge in [0.1, 0.15) is 6.33 Å². The van der Waals surface area contributed by atoms with E-state index in [9.17, 15) is 0 Å². The fourth-order valence-corrected chi connectivity index (χ4v) is 3.77. The molecule has 1 saturated heterocycles. The van der Waals surface area contributed by atoms with E-state index in [4.69, 9.17) is 11.6 Å². The molecule has 0 bridgehead atoms. The number of thioether (sulfide) groups is 1. The van der Waals surface area contributed by atoms with Crippen LogP contribution in [0.15, 0.2) is 35.7 Å². The highest BCUT2D eigenvalue weighted by Gasteiger charge is 2.18. The van der Waals surface area contributed by atoms with Gasteiger partial charge in [-0.05, 0) is 37.5 Å². The van der Waals surface area contributed by atoms with Gasteiger partial charge in [-0.15, -0.1) is 5.10 Å². The lowest BCUT2D eigenvalue weighted by atomic mass is 10.2. The average Bonchev–Trinajstić information content (AvgIpc) is 3.40. The normalized spacial score (nSPS) is 13.9. The van der Waals surface area contributed by atoms with E-state index in [0.717, 1.165) is 48.8 Å². The molecule has 3 heterocycles. The van der Waals surface area contributed by atoms with Crippen LogP contribution in [0.5, 0.6) is 0 Å². The van der Waals surface area contributed by atoms with Gasteiger partial charge in [-0.3, -0.25) is 0 Å². The third-order valence-electron chi connectivity index (χ3n) is 4.29. The Hall–Kier alpha value is -2.39. The average molecular weight is 417 g/mol. The molecule has 146 valence electrons. The van der Waals surface area contributed by atoms with Gasteiger partial charge in [0, 0.05) is 30.4 Å². The highest BCUT2D eigenvalue weighted by atomic mass is 35.5. The summed E-state index contributed by atoms with van der Waals surface area (Å²) in [6, 6.07) is 7.78. The number of rotatable bonds is 7. The van der Waals surface area contributed by atoms with Crippen LogP contribution in [-0.4, -0.2) is 49.4 Å². The van der Waals surface area contributed by atoms with E-state index in [0.29, 0.717) is 23.0 Å². The van der Waals surface area contributed by atoms with Crippen LogP contribution in [0.25, 0.3) is 5.95 Å². The Morgan fingerprint density at radius 1 is 1.07 bits per heavy atom. The number of halogens is 1. The summed E-state index contributed by atoms with van der Waals surface area (Å²) in [6.07, 6.45) is 3.96. The van der Waals surface area contributed by atoms with Crippen LogP contribution in [-0.2, 0) is 5.75 Å². The van der Waals surface area contributed by atoms with Crippen LogP contribution in [0.2, 0.25) is 5.02 Å². The van der Waals surface area contributed by atoms with E-state index in [1.807, 2.05) is 31.2 Å². The summed E-state index contributed by atoms with van der Waals surface area (Å²) in [7, 11) is 0. The molecule has 0 atom stereocenters. The van der Waals surface area contributed by atoms with Crippen LogP contribution in [0.4, 0.5) is 11.9 Å². The molecule has 0 radical (unpaired) electrons. The van der Waals surface area contributed by atoms with Crippen molar-refractivity contribution in [1.82, 2.24) is 29.7 Å². The molecule has 1 aliphatic heterocycles. The minimum atomic E-state index is 0.471. The first kappa shape index (κ1) is 18.9. The van der Waals surface area contributed by atoms with Crippen molar-refractivity contribution in [2.45, 2.75) is 30.7 Å². The number of nitrogens with zero attached hydrogens (tertiary/aromatic N) is 7. The van der Waals surface area contributed by atoms with Gasteiger partial charge >= 0.3 is 0 Å². The summed E-state index contributed by atoms with van der Waals surface area (Å²) in [5.41, 5.74) is 1.16. The molecule has 0 saturated carbocycles. The van der Waals surface area contributed by atoms with Gasteiger partial charge in [0.25, 0.3) is 5.95 Å². The van der Waals surface area contributed by atoms with E-state index in [2.05, 4.69) is 35.3 Å². The van der Waals surface area contributed by atoms with Gasteiger partial charge in [-0.2, -0.15) is 19.6 Å². The lowest BCUT2D eigenvalue weighted by Gasteiger charge is -2.16. The Morgan fingerprint density at radius 3 is 2.57 bits per heavy atom. The second kappa shape index (κ2) is 8.74. The second-order valence-corrected chi connectivity index (χ2v) is 7.75. The van der Waals surface area contributed by atoms with E-state index >= 15 is 0 Å². The van der Waals surface area contributed by atoms with Crippen molar-refractivity contribution in [3.63, 3.8) is 0 Å². The molecule has 4 rings (SSSR count). The minimum Gasteiger partial charge on any atom is -0.354 e. The fourth-order valence-electron chi connectivity index (χ4n) is 2.89. The van der Waals surface area contributed by atoms with Crippen molar-refractivity contribution < 1.29 is 0 Å². The molecule has 0 amide bonds. The van der Waals surface area contributed by atoms with Gasteiger partial charge in [-0.25, -0.2) is 4.98 Å². The van der Waals surface area contributed by atoms with Crippen LogP contribution in [0.1, 0.15) is 25.3 Å². The Bertz CT molecular complexity index is 924. The van der Waals surface area contributed by atoms with Gasteiger partial charge in [0.15, 0.2) is 0 Å². The Kier molecular flexibility index (Phi) is 5.92. The summed E-state index contributed by atoms with van der Waals surface area (Å²) in [4.78, 5) is 20.2. The van der Waals surface area contributed by atoms with Gasteiger partial charge in [0.05, 0.1) is 0 Å². The standard InChI is InChI=1S/C18H21ClN8S/c1-2-20-15-22-16(26-9-3-4-10-26)24-17(23-15)27-12-21-18(25-27)28-11-13-5-7-14(19)8-6-13/h5-8,12H,2-4,9-11H2,1H3,(H,20,22,23,24). The molecule has 1 fully saturated rings. The SMILES string of the molecule is CCNc1nc(N2CCCC2)nc(-n2cnc(SCc3ccc(Cl)cc3)n2)n1. The molecule has 0 unspecified atom stereocenters. The molecule has 28 heavy (non-hydrogen) atoms. The summed E-state index contributed by atoms with van der Waals surface area (Å²) < 4.78 is 1.60. The quantitative estimate of drug-likeness (QED) is 0.586. The van der Waals surface area contributed by atoms with Crippen molar-refractivity contribution in [1.29, 1.82) is 0 Å². The molecule has 0 spiro atoms. The number of benzene rings is 1. The van der Waals surface area contributed by atoms with Crippen molar-refractivity contribution >= 4 is 35.3 Å². The largest absolute Gasteiger partial charge is 0.354 e. The van der Waals surface area contributed by atoms with E-state index in [1.54, 1.807) is 22.8 Å². The molecule has 0 aliphatic carbocycles. The van der Waals surface area contributed by atoms with Crippen LogP contribution >= 0.6 is 23.4 Å². The maximum Gasteiger partial charge on any atom is 0.258 e. The van der Waals surface area contributed by atoms with E-state index < -0.39 is 0 Å². The number of anilines is 2. The fraction of sp³-hybridized carbons (Fsp3) is 0.389. The number of hydrogen-bond donors (Lipinski definition) is 1. The van der Waals surface area contributed by atoms with E-state index in [1.165, 1.54) is 0 Å². The zero-order chi connectivity index (χ0) is 19.3. The summed E-state index contributed by atoms with van der Waals surface area (Å²) in [5, 5.41) is 9.10. The van der Waals surface area contributed by atoms with Crippen molar-refractivity contribution in [3.8, 4) is 5.95 Å². The number of aromatic nitrogens is 6. The molecule has 3 aromatic rings. The third kappa shape index (κ3) is 4.53. The molecule has 8 nitrogen and oxygen atoms in total. The summed E-state index contributed by atoms with van der Waals surface area (Å²) in [6.45, 7) is 4.69. The molecular formula is C18H21ClN8S. The zero-order valence-electron chi connectivity index (χ0n) is 15.5. The molecule has 1 N–H and O–H groups in total. The lowest BCUT2D eigenvalue weighted by Crippen LogP contribution is -2.22. The van der Waals surface area contributed by atoms with Crippen molar-refractivity contribution in [2.24, 2.45) is 0 Å². The van der Waals surface area contributed by atoms with Crippen LogP contribution in [0.3, 0.4) is 0 Å². The smallest absolute Gasteiger partial charge is 0.258 e. The maximum atomic E-state index is 5.93. The van der Waals surface area contributed by atoms with Gasteiger partial charge in [-0.1, -0.05) is 35.5 Å². The highest BCUT2D eigenvalue weighted by Crippen LogP contribution is 2.22. The molecule has 2 aromatic heterocycles. The highest BCUT2D eigenvalue weighted by molar-refractivity contribution is 7.98. The van der Waals surface area contributed by atoms with Crippen LogP contribution < -0.4 is 10.2 Å². The monoisotopic (exact) mass is 416 g/mol. The minimum absolute atomic E-state index is 0.471. The summed E-state index contributed by atoms with van der Waals surface area (Å²) in [5.74, 6) is 2.48. The zero-order valence-corrected chi connectivity index (χ0v) is 17.1. The summed E-state index contributed by atoms with van der Waals surface area (Å²) >= 11 is 7.49. The first-order valence-electron chi connectivity index (χ1n) is 9.25. The lowest BCUT2D eigenvalue weighted by molar-refractivity contribution is 0.758. The van der Waals surface area contributed by atoms with Crippen molar-refractivity contribution in [2.75, 3.05) is 29.9 Å². The first-order valence-corrected chi connectivity index (χ1v) is 10.6. The predicted octanol–water partition coefficient (Wildman–Crippen LogP) is 3.43.